The van der Waals surface area contributed by atoms with Crippen molar-refractivity contribution < 1.29 is 4.92 Å². The molecule has 0 aliphatic carbocycles. The Balaban J connectivity index is 2.31. The standard InChI is InChI=1S/C10H17N5O2/c1-13-10(9(6-12-13)15(16)17)14-5-3-2-4-8(11)7-14/h6,8H,2-5,7,11H2,1H3. The van der Waals surface area contributed by atoms with Crippen LogP contribution in [0.15, 0.2) is 6.20 Å². The zero-order chi connectivity index (χ0) is 12.4. The van der Waals surface area contributed by atoms with Crippen molar-refractivity contribution in [3.8, 4) is 0 Å². The van der Waals surface area contributed by atoms with Crippen LogP contribution < -0.4 is 10.6 Å². The van der Waals surface area contributed by atoms with E-state index in [1.807, 2.05) is 4.90 Å². The zero-order valence-electron chi connectivity index (χ0n) is 9.87. The van der Waals surface area contributed by atoms with Crippen molar-refractivity contribution in [3.05, 3.63) is 16.3 Å². The largest absolute Gasteiger partial charge is 0.350 e. The lowest BCUT2D eigenvalue weighted by Gasteiger charge is -2.23. The molecule has 1 aromatic rings. The predicted molar refractivity (Wildman–Crippen MR) is 63.9 cm³/mol. The van der Waals surface area contributed by atoms with Gasteiger partial charge in [0.25, 0.3) is 0 Å². The Bertz CT molecular complexity index is 417. The molecule has 2 heterocycles. The van der Waals surface area contributed by atoms with Crippen molar-refractivity contribution in [3.63, 3.8) is 0 Å². The first-order valence-electron chi connectivity index (χ1n) is 5.76. The van der Waals surface area contributed by atoms with Gasteiger partial charge in [-0.15, -0.1) is 0 Å². The molecule has 17 heavy (non-hydrogen) atoms. The summed E-state index contributed by atoms with van der Waals surface area (Å²) >= 11 is 0. The summed E-state index contributed by atoms with van der Waals surface area (Å²) in [5.41, 5.74) is 6.02. The van der Waals surface area contributed by atoms with Gasteiger partial charge in [0.1, 0.15) is 6.20 Å². The average Bonchev–Trinajstić information content (AvgIpc) is 2.52. The summed E-state index contributed by atoms with van der Waals surface area (Å²) in [5, 5.41) is 14.9. The number of aromatic nitrogens is 2. The van der Waals surface area contributed by atoms with Crippen LogP contribution in [-0.2, 0) is 7.05 Å². The number of hydrogen-bond acceptors (Lipinski definition) is 5. The van der Waals surface area contributed by atoms with Gasteiger partial charge >= 0.3 is 5.69 Å². The minimum absolute atomic E-state index is 0.0570. The number of anilines is 1. The number of nitrogens with zero attached hydrogens (tertiary/aromatic N) is 4. The molecule has 0 radical (unpaired) electrons. The van der Waals surface area contributed by atoms with E-state index < -0.39 is 4.92 Å². The highest BCUT2D eigenvalue weighted by Crippen LogP contribution is 2.28. The molecular weight excluding hydrogens is 222 g/mol. The fraction of sp³-hybridized carbons (Fsp3) is 0.700. The smallest absolute Gasteiger partial charge is 0.331 e. The maximum absolute atomic E-state index is 10.9. The molecule has 0 bridgehead atoms. The molecule has 1 atom stereocenters. The third-order valence-electron chi connectivity index (χ3n) is 3.09. The van der Waals surface area contributed by atoms with Crippen LogP contribution in [0.4, 0.5) is 11.5 Å². The predicted octanol–water partition coefficient (Wildman–Crippen LogP) is 0.646. The number of nitro groups is 1. The second-order valence-electron chi connectivity index (χ2n) is 4.44. The van der Waals surface area contributed by atoms with Crippen LogP contribution in [-0.4, -0.2) is 33.8 Å². The molecule has 1 aromatic heterocycles. The number of aryl methyl sites for hydroxylation is 1. The normalized spacial score (nSPS) is 21.3. The first kappa shape index (κ1) is 11.8. The minimum Gasteiger partial charge on any atom is -0.350 e. The molecule has 2 N–H and O–H groups in total. The molecule has 94 valence electrons. The molecule has 1 fully saturated rings. The third-order valence-corrected chi connectivity index (χ3v) is 3.09. The summed E-state index contributed by atoms with van der Waals surface area (Å²) in [7, 11) is 1.72. The van der Waals surface area contributed by atoms with Crippen LogP contribution in [0.1, 0.15) is 19.3 Å². The van der Waals surface area contributed by atoms with Gasteiger partial charge in [-0.3, -0.25) is 10.1 Å². The Morgan fingerprint density at radius 2 is 2.35 bits per heavy atom. The van der Waals surface area contributed by atoms with Crippen molar-refractivity contribution in [1.29, 1.82) is 0 Å². The second-order valence-corrected chi connectivity index (χ2v) is 4.44. The molecule has 7 nitrogen and oxygen atoms in total. The average molecular weight is 239 g/mol. The molecular formula is C10H17N5O2. The van der Waals surface area contributed by atoms with Crippen LogP contribution in [0.5, 0.6) is 0 Å². The molecule has 0 amide bonds. The topological polar surface area (TPSA) is 90.2 Å². The summed E-state index contributed by atoms with van der Waals surface area (Å²) in [4.78, 5) is 12.5. The Labute approximate surface area is 99.3 Å². The van der Waals surface area contributed by atoms with Crippen molar-refractivity contribution in [1.82, 2.24) is 9.78 Å². The van der Waals surface area contributed by atoms with E-state index in [1.165, 1.54) is 6.20 Å². The molecule has 0 aromatic carbocycles. The van der Waals surface area contributed by atoms with Gasteiger partial charge in [-0.25, -0.2) is 4.68 Å². The molecule has 2 rings (SSSR count). The van der Waals surface area contributed by atoms with E-state index in [9.17, 15) is 10.1 Å². The first-order chi connectivity index (χ1) is 8.09. The molecule has 7 heteroatoms. The highest BCUT2D eigenvalue weighted by molar-refractivity contribution is 5.57. The quantitative estimate of drug-likeness (QED) is 0.604. The van der Waals surface area contributed by atoms with Gasteiger partial charge in [0.15, 0.2) is 0 Å². The fourth-order valence-electron chi connectivity index (χ4n) is 2.28. The van der Waals surface area contributed by atoms with E-state index in [1.54, 1.807) is 11.7 Å². The van der Waals surface area contributed by atoms with Crippen LogP contribution in [0.25, 0.3) is 0 Å². The summed E-state index contributed by atoms with van der Waals surface area (Å²) in [5.74, 6) is 0.562. The maximum atomic E-state index is 10.9. The molecule has 0 spiro atoms. The summed E-state index contributed by atoms with van der Waals surface area (Å²) < 4.78 is 1.55. The third kappa shape index (κ3) is 2.38. The van der Waals surface area contributed by atoms with Gasteiger partial charge in [-0.1, -0.05) is 6.42 Å². The van der Waals surface area contributed by atoms with E-state index in [0.717, 1.165) is 25.8 Å². The van der Waals surface area contributed by atoms with Crippen LogP contribution in [0.2, 0.25) is 0 Å². The van der Waals surface area contributed by atoms with E-state index in [0.29, 0.717) is 12.4 Å². The first-order valence-corrected chi connectivity index (χ1v) is 5.76. The monoisotopic (exact) mass is 239 g/mol. The highest BCUT2D eigenvalue weighted by Gasteiger charge is 2.26. The van der Waals surface area contributed by atoms with Crippen molar-refractivity contribution in [2.45, 2.75) is 25.3 Å². The van der Waals surface area contributed by atoms with Crippen LogP contribution in [0.3, 0.4) is 0 Å². The Morgan fingerprint density at radius 3 is 3.06 bits per heavy atom. The van der Waals surface area contributed by atoms with E-state index >= 15 is 0 Å². The van der Waals surface area contributed by atoms with Gasteiger partial charge in [0.2, 0.25) is 5.82 Å². The molecule has 1 aliphatic rings. The second kappa shape index (κ2) is 4.70. The van der Waals surface area contributed by atoms with Gasteiger partial charge in [0, 0.05) is 26.2 Å². The summed E-state index contributed by atoms with van der Waals surface area (Å²) in [6.45, 7) is 1.45. The number of hydrogen-bond donors (Lipinski definition) is 1. The van der Waals surface area contributed by atoms with E-state index in [2.05, 4.69) is 5.10 Å². The van der Waals surface area contributed by atoms with Gasteiger partial charge < -0.3 is 10.6 Å². The van der Waals surface area contributed by atoms with E-state index in [-0.39, 0.29) is 11.7 Å². The fourth-order valence-corrected chi connectivity index (χ4v) is 2.28. The lowest BCUT2D eigenvalue weighted by Crippen LogP contribution is -2.37. The maximum Gasteiger partial charge on any atom is 0.331 e. The molecule has 1 aliphatic heterocycles. The summed E-state index contributed by atoms with van der Waals surface area (Å²) in [6.07, 6.45) is 4.35. The SMILES string of the molecule is Cn1ncc([N+](=O)[O-])c1N1CCCCC(N)C1. The zero-order valence-corrected chi connectivity index (χ0v) is 9.87. The Morgan fingerprint density at radius 1 is 1.59 bits per heavy atom. The van der Waals surface area contributed by atoms with Gasteiger partial charge in [0.05, 0.1) is 4.92 Å². The molecule has 0 saturated carbocycles. The van der Waals surface area contributed by atoms with Gasteiger partial charge in [-0.05, 0) is 12.8 Å². The minimum atomic E-state index is -0.390. The van der Waals surface area contributed by atoms with Crippen LogP contribution >= 0.6 is 0 Å². The Hall–Kier alpha value is -1.63. The van der Waals surface area contributed by atoms with E-state index in [4.69, 9.17) is 5.73 Å². The number of nitrogens with two attached hydrogens (primary N) is 1. The Kier molecular flexibility index (Phi) is 3.28. The van der Waals surface area contributed by atoms with Crippen molar-refractivity contribution >= 4 is 11.5 Å². The van der Waals surface area contributed by atoms with Crippen LogP contribution in [0, 0.1) is 10.1 Å². The lowest BCUT2D eigenvalue weighted by molar-refractivity contribution is -0.384. The van der Waals surface area contributed by atoms with Crippen molar-refractivity contribution in [2.24, 2.45) is 12.8 Å². The summed E-state index contributed by atoms with van der Waals surface area (Å²) in [6, 6.07) is 0.0759. The van der Waals surface area contributed by atoms with Gasteiger partial charge in [-0.2, -0.15) is 5.10 Å². The molecule has 1 unspecified atom stereocenters. The van der Waals surface area contributed by atoms with Crippen molar-refractivity contribution in [2.75, 3.05) is 18.0 Å². The molecule has 1 saturated heterocycles. The lowest BCUT2D eigenvalue weighted by atomic mass is 10.2. The highest BCUT2D eigenvalue weighted by atomic mass is 16.6. The number of rotatable bonds is 2.